The van der Waals surface area contributed by atoms with Crippen molar-refractivity contribution in [3.8, 4) is 0 Å². The lowest BCUT2D eigenvalue weighted by Crippen LogP contribution is -2.19. The largest absolute Gasteiger partial charge is 0.461 e. The Labute approximate surface area is 94.5 Å². The number of carbonyl (C=O) groups excluding carboxylic acids is 3. The molecule has 0 aromatic carbocycles. The van der Waals surface area contributed by atoms with Gasteiger partial charge in [-0.25, -0.2) is 4.79 Å². The van der Waals surface area contributed by atoms with Crippen LogP contribution in [0.1, 0.15) is 6.42 Å². The molecule has 1 aliphatic rings. The number of cyclic esters (lactones) is 2. The highest BCUT2D eigenvalue weighted by Gasteiger charge is 2.34. The summed E-state index contributed by atoms with van der Waals surface area (Å²) in [6.45, 7) is 3.30. The maximum atomic E-state index is 11.1. The molecule has 0 spiro atoms. The zero-order valence-electron chi connectivity index (χ0n) is 7.82. The summed E-state index contributed by atoms with van der Waals surface area (Å²) in [6, 6.07) is 0. The normalized spacial score (nSPS) is 19.9. The summed E-state index contributed by atoms with van der Waals surface area (Å²) in [7, 11) is 0. The minimum Gasteiger partial charge on any atom is -0.461 e. The monoisotopic (exact) mass is 276 g/mol. The minimum atomic E-state index is -0.676. The SMILES string of the molecule is C=C(CBr)C(=O)OCC1CC(=O)OC1=O. The number of rotatable bonds is 4. The van der Waals surface area contributed by atoms with Gasteiger partial charge in [0, 0.05) is 10.9 Å². The van der Waals surface area contributed by atoms with Gasteiger partial charge in [-0.2, -0.15) is 0 Å². The van der Waals surface area contributed by atoms with E-state index in [9.17, 15) is 14.4 Å². The number of hydrogen-bond acceptors (Lipinski definition) is 5. The fraction of sp³-hybridized carbons (Fsp3) is 0.444. The van der Waals surface area contributed by atoms with Crippen molar-refractivity contribution in [2.24, 2.45) is 5.92 Å². The highest BCUT2D eigenvalue weighted by molar-refractivity contribution is 9.09. The molecule has 0 amide bonds. The van der Waals surface area contributed by atoms with E-state index in [-0.39, 0.29) is 18.6 Å². The second-order valence-electron chi connectivity index (χ2n) is 3.03. The van der Waals surface area contributed by atoms with Crippen LogP contribution in [0.2, 0.25) is 0 Å². The summed E-state index contributed by atoms with van der Waals surface area (Å²) in [5.41, 5.74) is 0.257. The quantitative estimate of drug-likeness (QED) is 0.325. The summed E-state index contributed by atoms with van der Waals surface area (Å²) in [6.07, 6.45) is -0.0348. The third-order valence-electron chi connectivity index (χ3n) is 1.83. The summed E-state index contributed by atoms with van der Waals surface area (Å²) in [4.78, 5) is 32.8. The van der Waals surface area contributed by atoms with E-state index in [1.54, 1.807) is 0 Å². The number of ether oxygens (including phenoxy) is 2. The van der Waals surface area contributed by atoms with E-state index in [4.69, 9.17) is 4.74 Å². The lowest BCUT2D eigenvalue weighted by Gasteiger charge is -2.06. The Morgan fingerprint density at radius 2 is 2.27 bits per heavy atom. The van der Waals surface area contributed by atoms with Gasteiger partial charge in [-0.1, -0.05) is 22.5 Å². The Kier molecular flexibility index (Phi) is 4.02. The van der Waals surface area contributed by atoms with Crippen molar-refractivity contribution in [3.63, 3.8) is 0 Å². The molecule has 1 heterocycles. The molecule has 0 aliphatic carbocycles. The first-order valence-corrected chi connectivity index (χ1v) is 5.32. The molecule has 1 unspecified atom stereocenters. The van der Waals surface area contributed by atoms with E-state index in [1.165, 1.54) is 0 Å². The lowest BCUT2D eigenvalue weighted by atomic mass is 10.1. The molecule has 1 fully saturated rings. The van der Waals surface area contributed by atoms with Crippen LogP contribution in [0.3, 0.4) is 0 Å². The fourth-order valence-corrected chi connectivity index (χ4v) is 1.21. The second-order valence-corrected chi connectivity index (χ2v) is 3.59. The van der Waals surface area contributed by atoms with Crippen LogP contribution in [0.15, 0.2) is 12.2 Å². The van der Waals surface area contributed by atoms with Gasteiger partial charge in [-0.3, -0.25) is 9.59 Å². The number of carbonyl (C=O) groups is 3. The first kappa shape index (κ1) is 11.9. The van der Waals surface area contributed by atoms with Gasteiger partial charge in [0.05, 0.1) is 6.42 Å². The predicted molar refractivity (Wildman–Crippen MR) is 53.1 cm³/mol. The highest BCUT2D eigenvalue weighted by atomic mass is 79.9. The van der Waals surface area contributed by atoms with Gasteiger partial charge in [0.1, 0.15) is 12.5 Å². The van der Waals surface area contributed by atoms with E-state index in [0.29, 0.717) is 5.33 Å². The van der Waals surface area contributed by atoms with Crippen LogP contribution < -0.4 is 0 Å². The zero-order valence-corrected chi connectivity index (χ0v) is 9.41. The van der Waals surface area contributed by atoms with Gasteiger partial charge in [-0.15, -0.1) is 0 Å². The highest BCUT2D eigenvalue weighted by Crippen LogP contribution is 2.16. The van der Waals surface area contributed by atoms with Gasteiger partial charge in [0.25, 0.3) is 0 Å². The van der Waals surface area contributed by atoms with Crippen LogP contribution in [0.25, 0.3) is 0 Å². The lowest BCUT2D eigenvalue weighted by molar-refractivity contribution is -0.153. The molecule has 1 atom stereocenters. The molecular weight excluding hydrogens is 268 g/mol. The molecule has 15 heavy (non-hydrogen) atoms. The van der Waals surface area contributed by atoms with Crippen LogP contribution in [0.4, 0.5) is 0 Å². The summed E-state index contributed by atoms with van der Waals surface area (Å²) >= 11 is 3.04. The van der Waals surface area contributed by atoms with Crippen molar-refractivity contribution in [1.29, 1.82) is 0 Å². The Morgan fingerprint density at radius 3 is 2.73 bits per heavy atom. The van der Waals surface area contributed by atoms with Crippen LogP contribution in [-0.4, -0.2) is 29.8 Å². The Bertz CT molecular complexity index is 322. The fourth-order valence-electron chi connectivity index (χ4n) is 0.982. The Hall–Kier alpha value is -1.17. The van der Waals surface area contributed by atoms with Gasteiger partial charge < -0.3 is 9.47 Å². The topological polar surface area (TPSA) is 69.7 Å². The van der Waals surface area contributed by atoms with Crippen molar-refractivity contribution >= 4 is 33.8 Å². The molecule has 1 aliphatic heterocycles. The van der Waals surface area contributed by atoms with Crippen LogP contribution in [0.5, 0.6) is 0 Å². The van der Waals surface area contributed by atoms with Gasteiger partial charge in [-0.05, 0) is 0 Å². The molecule has 0 N–H and O–H groups in total. The molecule has 1 rings (SSSR count). The minimum absolute atomic E-state index is 0.0348. The molecule has 0 radical (unpaired) electrons. The van der Waals surface area contributed by atoms with E-state index in [0.717, 1.165) is 0 Å². The number of halogens is 1. The van der Waals surface area contributed by atoms with Crippen molar-refractivity contribution < 1.29 is 23.9 Å². The average molecular weight is 277 g/mol. The molecule has 0 aromatic rings. The van der Waals surface area contributed by atoms with E-state index >= 15 is 0 Å². The summed E-state index contributed by atoms with van der Waals surface area (Å²) in [5, 5.41) is 0.305. The van der Waals surface area contributed by atoms with Crippen LogP contribution in [0, 0.1) is 5.92 Å². The number of hydrogen-bond donors (Lipinski definition) is 0. The van der Waals surface area contributed by atoms with Crippen LogP contribution >= 0.6 is 15.9 Å². The van der Waals surface area contributed by atoms with E-state index in [2.05, 4.69) is 27.2 Å². The molecular formula is C9H9BrO5. The van der Waals surface area contributed by atoms with Gasteiger partial charge in [0.15, 0.2) is 0 Å². The first-order valence-electron chi connectivity index (χ1n) is 4.20. The van der Waals surface area contributed by atoms with E-state index < -0.39 is 23.8 Å². The van der Waals surface area contributed by atoms with Gasteiger partial charge in [0.2, 0.25) is 0 Å². The van der Waals surface area contributed by atoms with Crippen LogP contribution in [-0.2, 0) is 23.9 Å². The summed E-state index contributed by atoms with van der Waals surface area (Å²) in [5.74, 6) is -2.48. The molecule has 0 saturated carbocycles. The predicted octanol–water partition coefficient (Wildman–Crippen LogP) is 0.570. The smallest absolute Gasteiger partial charge is 0.334 e. The second kappa shape index (κ2) is 5.06. The van der Waals surface area contributed by atoms with E-state index in [1.807, 2.05) is 0 Å². The molecule has 82 valence electrons. The molecule has 5 nitrogen and oxygen atoms in total. The Balaban J connectivity index is 2.38. The third kappa shape index (κ3) is 3.16. The maximum absolute atomic E-state index is 11.1. The standard InChI is InChI=1S/C9H9BrO5/c1-5(3-10)8(12)14-4-6-2-7(11)15-9(6)13/h6H,1-4H2. The van der Waals surface area contributed by atoms with Crippen molar-refractivity contribution in [3.05, 3.63) is 12.2 Å². The zero-order chi connectivity index (χ0) is 11.4. The Morgan fingerprint density at radius 1 is 1.60 bits per heavy atom. The van der Waals surface area contributed by atoms with Crippen molar-refractivity contribution in [2.45, 2.75) is 6.42 Å². The average Bonchev–Trinajstić information content (AvgIpc) is 2.52. The van der Waals surface area contributed by atoms with Gasteiger partial charge >= 0.3 is 17.9 Å². The third-order valence-corrected chi connectivity index (χ3v) is 2.50. The maximum Gasteiger partial charge on any atom is 0.334 e. The molecule has 0 bridgehead atoms. The van der Waals surface area contributed by atoms with Crippen molar-refractivity contribution in [1.82, 2.24) is 0 Å². The first-order chi connectivity index (χ1) is 7.04. The molecule has 1 saturated heterocycles. The number of alkyl halides is 1. The molecule has 0 aromatic heterocycles. The number of esters is 3. The summed E-state index contributed by atoms with van der Waals surface area (Å²) < 4.78 is 9.07. The molecule has 6 heteroatoms. The van der Waals surface area contributed by atoms with Crippen molar-refractivity contribution in [2.75, 3.05) is 11.9 Å².